The second-order valence-electron chi connectivity index (χ2n) is 4.17. The van der Waals surface area contributed by atoms with Gasteiger partial charge in [0.2, 0.25) is 5.91 Å². The van der Waals surface area contributed by atoms with Gasteiger partial charge in [-0.05, 0) is 13.8 Å². The van der Waals surface area contributed by atoms with Gasteiger partial charge >= 0.3 is 0 Å². The number of rotatable bonds is 4. The molecule has 0 aliphatic heterocycles. The van der Waals surface area contributed by atoms with Crippen LogP contribution < -0.4 is 5.32 Å². The molecule has 2 aromatic rings. The summed E-state index contributed by atoms with van der Waals surface area (Å²) in [6, 6.07) is 0. The zero-order chi connectivity index (χ0) is 12.3. The van der Waals surface area contributed by atoms with Crippen LogP contribution in [0.25, 0.3) is 0 Å². The Morgan fingerprint density at radius 2 is 2.29 bits per heavy atom. The largest absolute Gasteiger partial charge is 0.344 e. The summed E-state index contributed by atoms with van der Waals surface area (Å²) < 4.78 is 0. The molecule has 2 aromatic heterocycles. The minimum Gasteiger partial charge on any atom is -0.344 e. The molecule has 0 radical (unpaired) electrons. The lowest BCUT2D eigenvalue weighted by molar-refractivity contribution is -0.122. The Morgan fingerprint density at radius 1 is 1.47 bits per heavy atom. The smallest absolute Gasteiger partial charge is 0.226 e. The van der Waals surface area contributed by atoms with Crippen LogP contribution in [-0.2, 0) is 16.8 Å². The second-order valence-corrected chi connectivity index (χ2v) is 5.78. The Hall–Kier alpha value is -1.27. The van der Waals surface area contributed by atoms with E-state index in [-0.39, 0.29) is 5.91 Å². The standard InChI is InChI=1S/C11H13N3OS2/c1-11(2,10-12-3-4-17-10)14-9(15)5-8-6-16-7-13-8/h3-4,6-7H,5H2,1-2H3,(H,14,15). The van der Waals surface area contributed by atoms with Crippen LogP contribution in [0, 0.1) is 0 Å². The van der Waals surface area contributed by atoms with E-state index < -0.39 is 5.54 Å². The van der Waals surface area contributed by atoms with Crippen molar-refractivity contribution >= 4 is 28.6 Å². The van der Waals surface area contributed by atoms with Gasteiger partial charge in [0.05, 0.1) is 23.2 Å². The van der Waals surface area contributed by atoms with Gasteiger partial charge in [0, 0.05) is 17.0 Å². The summed E-state index contributed by atoms with van der Waals surface area (Å²) in [5.74, 6) is -0.0314. The maximum Gasteiger partial charge on any atom is 0.226 e. The zero-order valence-electron chi connectivity index (χ0n) is 9.64. The number of amides is 1. The first-order chi connectivity index (χ1) is 8.08. The molecule has 1 amide bonds. The highest BCUT2D eigenvalue weighted by atomic mass is 32.1. The van der Waals surface area contributed by atoms with Gasteiger partial charge in [-0.1, -0.05) is 0 Å². The van der Waals surface area contributed by atoms with E-state index in [0.29, 0.717) is 6.42 Å². The van der Waals surface area contributed by atoms with Crippen LogP contribution in [0.4, 0.5) is 0 Å². The van der Waals surface area contributed by atoms with E-state index in [2.05, 4.69) is 15.3 Å². The Labute approximate surface area is 108 Å². The molecular formula is C11H13N3OS2. The van der Waals surface area contributed by atoms with Gasteiger partial charge in [-0.2, -0.15) is 0 Å². The molecule has 90 valence electrons. The molecular weight excluding hydrogens is 254 g/mol. The predicted octanol–water partition coefficient (Wildman–Crippen LogP) is 2.19. The third-order valence-electron chi connectivity index (χ3n) is 2.24. The maximum atomic E-state index is 11.9. The van der Waals surface area contributed by atoms with Crippen molar-refractivity contribution in [3.63, 3.8) is 0 Å². The van der Waals surface area contributed by atoms with Gasteiger partial charge < -0.3 is 5.32 Å². The van der Waals surface area contributed by atoms with Crippen molar-refractivity contribution < 1.29 is 4.79 Å². The molecule has 0 spiro atoms. The van der Waals surface area contributed by atoms with Crippen LogP contribution in [-0.4, -0.2) is 15.9 Å². The van der Waals surface area contributed by atoms with Gasteiger partial charge in [0.1, 0.15) is 5.01 Å². The number of nitrogens with one attached hydrogen (secondary N) is 1. The van der Waals surface area contributed by atoms with E-state index in [9.17, 15) is 4.79 Å². The summed E-state index contributed by atoms with van der Waals surface area (Å²) in [5, 5.41) is 7.67. The van der Waals surface area contributed by atoms with Gasteiger partial charge in [0.25, 0.3) is 0 Å². The van der Waals surface area contributed by atoms with Crippen molar-refractivity contribution in [2.45, 2.75) is 25.8 Å². The summed E-state index contributed by atoms with van der Waals surface area (Å²) >= 11 is 3.04. The number of carbonyl (C=O) groups is 1. The van der Waals surface area contributed by atoms with Crippen molar-refractivity contribution in [2.75, 3.05) is 0 Å². The summed E-state index contributed by atoms with van der Waals surface area (Å²) in [6.45, 7) is 3.90. The monoisotopic (exact) mass is 267 g/mol. The van der Waals surface area contributed by atoms with E-state index in [4.69, 9.17) is 0 Å². The van der Waals surface area contributed by atoms with E-state index in [1.165, 1.54) is 11.3 Å². The van der Waals surface area contributed by atoms with Gasteiger partial charge in [-0.15, -0.1) is 22.7 Å². The van der Waals surface area contributed by atoms with Crippen LogP contribution in [0.3, 0.4) is 0 Å². The van der Waals surface area contributed by atoms with Crippen LogP contribution in [0.1, 0.15) is 24.5 Å². The number of hydrogen-bond donors (Lipinski definition) is 1. The molecule has 17 heavy (non-hydrogen) atoms. The van der Waals surface area contributed by atoms with Crippen LogP contribution in [0.15, 0.2) is 22.5 Å². The fourth-order valence-electron chi connectivity index (χ4n) is 1.47. The van der Waals surface area contributed by atoms with Crippen molar-refractivity contribution in [2.24, 2.45) is 0 Å². The van der Waals surface area contributed by atoms with E-state index in [0.717, 1.165) is 10.7 Å². The molecule has 0 aromatic carbocycles. The Morgan fingerprint density at radius 3 is 2.88 bits per heavy atom. The van der Waals surface area contributed by atoms with Crippen LogP contribution in [0.5, 0.6) is 0 Å². The van der Waals surface area contributed by atoms with Gasteiger partial charge in [0.15, 0.2) is 0 Å². The predicted molar refractivity (Wildman–Crippen MR) is 69.1 cm³/mol. The fraction of sp³-hybridized carbons (Fsp3) is 0.364. The molecule has 0 aliphatic carbocycles. The molecule has 0 saturated carbocycles. The van der Waals surface area contributed by atoms with Crippen molar-refractivity contribution in [1.82, 2.24) is 15.3 Å². The lowest BCUT2D eigenvalue weighted by atomic mass is 10.1. The summed E-state index contributed by atoms with van der Waals surface area (Å²) in [6.07, 6.45) is 2.06. The Bertz CT molecular complexity index is 477. The Balaban J connectivity index is 1.99. The fourth-order valence-corrected chi connectivity index (χ4v) is 2.74. The average molecular weight is 267 g/mol. The second kappa shape index (κ2) is 4.93. The highest BCUT2D eigenvalue weighted by Crippen LogP contribution is 2.21. The molecule has 4 nitrogen and oxygen atoms in total. The molecule has 0 saturated heterocycles. The summed E-state index contributed by atoms with van der Waals surface area (Å²) in [5.41, 5.74) is 2.11. The molecule has 0 fully saturated rings. The normalized spacial score (nSPS) is 11.4. The highest BCUT2D eigenvalue weighted by molar-refractivity contribution is 7.09. The Kier molecular flexibility index (Phi) is 3.54. The topological polar surface area (TPSA) is 54.9 Å². The number of carbonyl (C=O) groups excluding carboxylic acids is 1. The summed E-state index contributed by atoms with van der Waals surface area (Å²) in [4.78, 5) is 20.2. The molecule has 2 heterocycles. The number of nitrogens with zero attached hydrogens (tertiary/aromatic N) is 2. The van der Waals surface area contributed by atoms with Gasteiger partial charge in [-0.25, -0.2) is 9.97 Å². The average Bonchev–Trinajstić information content (AvgIpc) is 2.87. The van der Waals surface area contributed by atoms with Crippen molar-refractivity contribution in [3.8, 4) is 0 Å². The SMILES string of the molecule is CC(C)(NC(=O)Cc1cscn1)c1nccs1. The van der Waals surface area contributed by atoms with Crippen LogP contribution >= 0.6 is 22.7 Å². The molecule has 0 atom stereocenters. The quantitative estimate of drug-likeness (QED) is 0.924. The molecule has 0 bridgehead atoms. The first-order valence-electron chi connectivity index (χ1n) is 5.16. The number of hydrogen-bond acceptors (Lipinski definition) is 5. The third kappa shape index (κ3) is 3.10. The minimum atomic E-state index is -0.429. The van der Waals surface area contributed by atoms with E-state index >= 15 is 0 Å². The molecule has 2 rings (SSSR count). The lowest BCUT2D eigenvalue weighted by Gasteiger charge is -2.23. The first kappa shape index (κ1) is 12.2. The lowest BCUT2D eigenvalue weighted by Crippen LogP contribution is -2.41. The van der Waals surface area contributed by atoms with Crippen molar-refractivity contribution in [3.05, 3.63) is 33.2 Å². The van der Waals surface area contributed by atoms with Crippen molar-refractivity contribution in [1.29, 1.82) is 0 Å². The summed E-state index contributed by atoms with van der Waals surface area (Å²) in [7, 11) is 0. The van der Waals surface area contributed by atoms with Crippen LogP contribution in [0.2, 0.25) is 0 Å². The highest BCUT2D eigenvalue weighted by Gasteiger charge is 2.25. The zero-order valence-corrected chi connectivity index (χ0v) is 11.3. The molecule has 6 heteroatoms. The number of thiazole rings is 2. The number of aromatic nitrogens is 2. The third-order valence-corrected chi connectivity index (χ3v) is 3.98. The minimum absolute atomic E-state index is 0.0314. The molecule has 0 aliphatic rings. The molecule has 1 N–H and O–H groups in total. The van der Waals surface area contributed by atoms with E-state index in [1.807, 2.05) is 24.6 Å². The van der Waals surface area contributed by atoms with Gasteiger partial charge in [-0.3, -0.25) is 4.79 Å². The first-order valence-corrected chi connectivity index (χ1v) is 6.98. The molecule has 0 unspecified atom stereocenters. The van der Waals surface area contributed by atoms with E-state index in [1.54, 1.807) is 23.0 Å². The maximum absolute atomic E-state index is 11.9.